The molecule has 2 aromatic heterocycles. The van der Waals surface area contributed by atoms with Crippen molar-refractivity contribution < 1.29 is 9.53 Å². The maximum absolute atomic E-state index is 12.7. The van der Waals surface area contributed by atoms with Gasteiger partial charge in [-0.3, -0.25) is 4.68 Å². The quantitative estimate of drug-likeness (QED) is 0.734. The minimum atomic E-state index is -0.0750. The van der Waals surface area contributed by atoms with Crippen LogP contribution in [-0.4, -0.2) is 70.6 Å². The lowest BCUT2D eigenvalue weighted by Gasteiger charge is -2.33. The van der Waals surface area contributed by atoms with Crippen LogP contribution in [-0.2, 0) is 18.3 Å². The normalized spacial score (nSPS) is 16.8. The molecule has 1 N–H and O–H groups in total. The van der Waals surface area contributed by atoms with Gasteiger partial charge in [-0.2, -0.15) is 5.10 Å². The molecule has 2 amide bonds. The molecule has 9 heteroatoms. The summed E-state index contributed by atoms with van der Waals surface area (Å²) in [5, 5.41) is 7.27. The van der Waals surface area contributed by atoms with Gasteiger partial charge >= 0.3 is 6.03 Å². The van der Waals surface area contributed by atoms with E-state index in [0.717, 1.165) is 37.4 Å². The lowest BCUT2D eigenvalue weighted by Crippen LogP contribution is -2.46. The fourth-order valence-corrected chi connectivity index (χ4v) is 3.44. The van der Waals surface area contributed by atoms with Crippen molar-refractivity contribution in [2.45, 2.75) is 19.4 Å². The van der Waals surface area contributed by atoms with Crippen molar-refractivity contribution in [3.05, 3.63) is 36.4 Å². The number of amides is 2. The zero-order chi connectivity index (χ0) is 19.8. The lowest BCUT2D eigenvalue weighted by molar-refractivity contribution is 0.145. The van der Waals surface area contributed by atoms with Crippen molar-refractivity contribution in [2.24, 2.45) is 13.0 Å². The number of methoxy groups -OCH3 is 1. The molecule has 1 aliphatic heterocycles. The van der Waals surface area contributed by atoms with Crippen molar-refractivity contribution >= 4 is 12.0 Å². The first-order chi connectivity index (χ1) is 13.7. The Morgan fingerprint density at radius 1 is 1.39 bits per heavy atom. The Kier molecular flexibility index (Phi) is 7.18. The molecule has 3 heterocycles. The first-order valence-corrected chi connectivity index (χ1v) is 9.67. The second-order valence-electron chi connectivity index (χ2n) is 7.13. The monoisotopic (exact) mass is 387 g/mol. The zero-order valence-corrected chi connectivity index (χ0v) is 16.6. The maximum atomic E-state index is 12.7. The largest absolute Gasteiger partial charge is 0.383 e. The number of aryl methyl sites for hydroxylation is 1. The van der Waals surface area contributed by atoms with Gasteiger partial charge in [-0.05, 0) is 24.8 Å². The van der Waals surface area contributed by atoms with Gasteiger partial charge in [0, 0.05) is 64.5 Å². The number of piperidine rings is 1. The third-order valence-electron chi connectivity index (χ3n) is 4.88. The Labute approximate surface area is 165 Å². The van der Waals surface area contributed by atoms with Crippen LogP contribution in [0.25, 0.3) is 0 Å². The van der Waals surface area contributed by atoms with Crippen LogP contribution >= 0.6 is 0 Å². The van der Waals surface area contributed by atoms with Crippen LogP contribution in [0.3, 0.4) is 0 Å². The predicted molar refractivity (Wildman–Crippen MR) is 106 cm³/mol. The molecule has 2 aromatic rings. The molecule has 9 nitrogen and oxygen atoms in total. The summed E-state index contributed by atoms with van der Waals surface area (Å²) in [5.41, 5.74) is 0.999. The van der Waals surface area contributed by atoms with Gasteiger partial charge in [0.25, 0.3) is 0 Å². The number of carbonyl (C=O) groups is 1. The smallest absolute Gasteiger partial charge is 0.317 e. The molecule has 1 fully saturated rings. The summed E-state index contributed by atoms with van der Waals surface area (Å²) in [5.74, 6) is 1.14. The van der Waals surface area contributed by atoms with Crippen molar-refractivity contribution in [1.82, 2.24) is 30.0 Å². The van der Waals surface area contributed by atoms with Gasteiger partial charge in [-0.25, -0.2) is 14.8 Å². The standard InChI is InChI=1S/C19H29N7O2/c1-24-13-17(12-23-24)15-26(9-10-28-2)19(27)22-11-16-5-3-8-25(14-16)18-20-6-4-7-21-18/h4,6-7,12-13,16H,3,5,8-11,14-15H2,1-2H3,(H,22,27). The maximum Gasteiger partial charge on any atom is 0.317 e. The average molecular weight is 387 g/mol. The van der Waals surface area contributed by atoms with E-state index in [1.165, 1.54) is 0 Å². The highest BCUT2D eigenvalue weighted by Crippen LogP contribution is 2.19. The summed E-state index contributed by atoms with van der Waals surface area (Å²) < 4.78 is 6.90. The van der Waals surface area contributed by atoms with Crippen LogP contribution in [0.4, 0.5) is 10.7 Å². The highest BCUT2D eigenvalue weighted by atomic mass is 16.5. The third kappa shape index (κ3) is 5.66. The van der Waals surface area contributed by atoms with Crippen LogP contribution in [0.5, 0.6) is 0 Å². The number of anilines is 1. The molecule has 3 rings (SSSR count). The Morgan fingerprint density at radius 2 is 2.21 bits per heavy atom. The fourth-order valence-electron chi connectivity index (χ4n) is 3.44. The Balaban J connectivity index is 1.52. The molecule has 0 spiro atoms. The number of nitrogens with zero attached hydrogens (tertiary/aromatic N) is 6. The van der Waals surface area contributed by atoms with E-state index in [2.05, 4.69) is 25.3 Å². The molecular weight excluding hydrogens is 358 g/mol. The molecule has 28 heavy (non-hydrogen) atoms. The molecule has 0 saturated carbocycles. The zero-order valence-electron chi connectivity index (χ0n) is 16.6. The number of carbonyl (C=O) groups excluding carboxylic acids is 1. The topological polar surface area (TPSA) is 88.4 Å². The third-order valence-corrected chi connectivity index (χ3v) is 4.88. The van der Waals surface area contributed by atoms with Crippen LogP contribution in [0.15, 0.2) is 30.9 Å². The van der Waals surface area contributed by atoms with Gasteiger partial charge in [0.05, 0.1) is 19.3 Å². The van der Waals surface area contributed by atoms with Crippen molar-refractivity contribution in [2.75, 3.05) is 44.8 Å². The van der Waals surface area contributed by atoms with E-state index in [0.29, 0.717) is 32.2 Å². The van der Waals surface area contributed by atoms with Crippen LogP contribution in [0.1, 0.15) is 18.4 Å². The first kappa shape index (κ1) is 20.1. The van der Waals surface area contributed by atoms with E-state index in [1.54, 1.807) is 35.3 Å². The van der Waals surface area contributed by atoms with Gasteiger partial charge in [0.2, 0.25) is 5.95 Å². The molecule has 1 unspecified atom stereocenters. The van der Waals surface area contributed by atoms with E-state index in [1.807, 2.05) is 19.3 Å². The SMILES string of the molecule is COCCN(Cc1cnn(C)c1)C(=O)NCC1CCCN(c2ncccn2)C1. The van der Waals surface area contributed by atoms with Gasteiger partial charge in [0.15, 0.2) is 0 Å². The molecule has 0 aliphatic carbocycles. The van der Waals surface area contributed by atoms with Crippen molar-refractivity contribution in [3.63, 3.8) is 0 Å². The van der Waals surface area contributed by atoms with E-state index in [-0.39, 0.29) is 6.03 Å². The molecule has 0 bridgehead atoms. The molecule has 1 atom stereocenters. The predicted octanol–water partition coefficient (Wildman–Crippen LogP) is 1.28. The number of rotatable bonds is 8. The van der Waals surface area contributed by atoms with Crippen LogP contribution < -0.4 is 10.2 Å². The van der Waals surface area contributed by atoms with E-state index >= 15 is 0 Å². The summed E-state index contributed by atoms with van der Waals surface area (Å²) in [6.07, 6.45) is 9.39. The number of urea groups is 1. The van der Waals surface area contributed by atoms with E-state index in [9.17, 15) is 4.79 Å². The Hall–Kier alpha value is -2.68. The van der Waals surface area contributed by atoms with Crippen molar-refractivity contribution in [1.29, 1.82) is 0 Å². The summed E-state index contributed by atoms with van der Waals surface area (Å²) in [7, 11) is 3.51. The van der Waals surface area contributed by atoms with Crippen LogP contribution in [0, 0.1) is 5.92 Å². The number of ether oxygens (including phenoxy) is 1. The highest BCUT2D eigenvalue weighted by molar-refractivity contribution is 5.74. The number of nitrogens with one attached hydrogen (secondary N) is 1. The van der Waals surface area contributed by atoms with E-state index in [4.69, 9.17) is 4.74 Å². The van der Waals surface area contributed by atoms with Crippen molar-refractivity contribution in [3.8, 4) is 0 Å². The summed E-state index contributed by atoms with van der Waals surface area (Å²) in [6, 6.07) is 1.75. The average Bonchev–Trinajstić information content (AvgIpc) is 3.15. The summed E-state index contributed by atoms with van der Waals surface area (Å²) in [6.45, 7) is 3.98. The fraction of sp³-hybridized carbons (Fsp3) is 0.579. The molecule has 1 saturated heterocycles. The molecular formula is C19H29N7O2. The first-order valence-electron chi connectivity index (χ1n) is 9.67. The molecule has 1 aliphatic rings. The Morgan fingerprint density at radius 3 is 2.93 bits per heavy atom. The highest BCUT2D eigenvalue weighted by Gasteiger charge is 2.23. The van der Waals surface area contributed by atoms with Gasteiger partial charge in [0.1, 0.15) is 0 Å². The molecule has 0 radical (unpaired) electrons. The summed E-state index contributed by atoms with van der Waals surface area (Å²) >= 11 is 0. The minimum absolute atomic E-state index is 0.0750. The van der Waals surface area contributed by atoms with Crippen LogP contribution in [0.2, 0.25) is 0 Å². The number of hydrogen-bond acceptors (Lipinski definition) is 6. The lowest BCUT2D eigenvalue weighted by atomic mass is 9.98. The summed E-state index contributed by atoms with van der Waals surface area (Å²) in [4.78, 5) is 25.4. The molecule has 152 valence electrons. The minimum Gasteiger partial charge on any atom is -0.383 e. The van der Waals surface area contributed by atoms with Gasteiger partial charge in [-0.1, -0.05) is 0 Å². The second kappa shape index (κ2) is 10.0. The number of aromatic nitrogens is 4. The Bertz CT molecular complexity index is 737. The second-order valence-corrected chi connectivity index (χ2v) is 7.13. The van der Waals surface area contributed by atoms with Gasteiger partial charge in [-0.15, -0.1) is 0 Å². The number of hydrogen-bond donors (Lipinski definition) is 1. The van der Waals surface area contributed by atoms with E-state index < -0.39 is 0 Å². The van der Waals surface area contributed by atoms with Gasteiger partial charge < -0.3 is 19.9 Å². The molecule has 0 aromatic carbocycles.